The van der Waals surface area contributed by atoms with Gasteiger partial charge in [-0.2, -0.15) is 0 Å². The van der Waals surface area contributed by atoms with Crippen LogP contribution in [0.25, 0.3) is 0 Å². The standard InChI is InChI=1S/C14H17NO4/c1-9-10(14(18)19)6-4-8-15(9)13(17)11-5-2-3-7-12(11)16/h2-3,5,7,9-10,16H,4,6,8H2,1H3,(H,18,19)/t9-,10-/m1/s1. The lowest BCUT2D eigenvalue weighted by Crippen LogP contribution is -2.49. The van der Waals surface area contributed by atoms with Crippen LogP contribution in [-0.4, -0.2) is 39.6 Å². The molecule has 19 heavy (non-hydrogen) atoms. The highest BCUT2D eigenvalue weighted by Crippen LogP contribution is 2.27. The Balaban J connectivity index is 2.24. The van der Waals surface area contributed by atoms with E-state index in [4.69, 9.17) is 5.11 Å². The SMILES string of the molecule is C[C@@H]1[C@H](C(=O)O)CCCN1C(=O)c1ccccc1O. The van der Waals surface area contributed by atoms with E-state index in [0.717, 1.165) is 0 Å². The molecule has 1 aliphatic rings. The number of aliphatic carboxylic acids is 1. The van der Waals surface area contributed by atoms with Gasteiger partial charge in [-0.15, -0.1) is 0 Å². The number of piperidine rings is 1. The number of carbonyl (C=O) groups excluding carboxylic acids is 1. The number of carboxylic acids is 1. The van der Waals surface area contributed by atoms with E-state index in [0.29, 0.717) is 19.4 Å². The quantitative estimate of drug-likeness (QED) is 0.851. The van der Waals surface area contributed by atoms with E-state index in [9.17, 15) is 14.7 Å². The molecule has 5 nitrogen and oxygen atoms in total. The molecule has 1 aromatic carbocycles. The van der Waals surface area contributed by atoms with Crippen LogP contribution in [0.3, 0.4) is 0 Å². The Morgan fingerprint density at radius 1 is 1.32 bits per heavy atom. The fourth-order valence-corrected chi connectivity index (χ4v) is 2.57. The minimum absolute atomic E-state index is 0.0721. The molecule has 1 aromatic rings. The van der Waals surface area contributed by atoms with E-state index >= 15 is 0 Å². The van der Waals surface area contributed by atoms with Crippen LogP contribution in [-0.2, 0) is 4.79 Å². The molecule has 0 aromatic heterocycles. The van der Waals surface area contributed by atoms with E-state index in [-0.39, 0.29) is 23.3 Å². The molecule has 0 saturated carbocycles. The first-order valence-corrected chi connectivity index (χ1v) is 6.34. The number of benzene rings is 1. The number of nitrogens with zero attached hydrogens (tertiary/aromatic N) is 1. The van der Waals surface area contributed by atoms with Crippen molar-refractivity contribution in [1.82, 2.24) is 4.90 Å². The van der Waals surface area contributed by atoms with Crippen molar-refractivity contribution in [2.24, 2.45) is 5.92 Å². The molecule has 1 fully saturated rings. The number of carboxylic acid groups (broad SMARTS) is 1. The summed E-state index contributed by atoms with van der Waals surface area (Å²) in [5.74, 6) is -1.79. The van der Waals surface area contributed by atoms with Crippen LogP contribution in [0.4, 0.5) is 0 Å². The highest BCUT2D eigenvalue weighted by Gasteiger charge is 2.36. The predicted octanol–water partition coefficient (Wildman–Crippen LogP) is 1.72. The Kier molecular flexibility index (Phi) is 3.74. The van der Waals surface area contributed by atoms with Gasteiger partial charge >= 0.3 is 5.97 Å². The number of rotatable bonds is 2. The van der Waals surface area contributed by atoms with Gasteiger partial charge in [0.05, 0.1) is 11.5 Å². The van der Waals surface area contributed by atoms with Gasteiger partial charge in [-0.3, -0.25) is 9.59 Å². The summed E-state index contributed by atoms with van der Waals surface area (Å²) in [5.41, 5.74) is 0.223. The monoisotopic (exact) mass is 263 g/mol. The lowest BCUT2D eigenvalue weighted by molar-refractivity contribution is -0.144. The zero-order chi connectivity index (χ0) is 14.0. The maximum absolute atomic E-state index is 12.4. The van der Waals surface area contributed by atoms with Crippen molar-refractivity contribution in [2.75, 3.05) is 6.54 Å². The van der Waals surface area contributed by atoms with Gasteiger partial charge in [0.2, 0.25) is 0 Å². The second kappa shape index (κ2) is 5.30. The van der Waals surface area contributed by atoms with E-state index in [1.54, 1.807) is 25.1 Å². The molecular formula is C14H17NO4. The van der Waals surface area contributed by atoms with Crippen molar-refractivity contribution in [3.8, 4) is 5.75 Å². The van der Waals surface area contributed by atoms with Gasteiger partial charge in [-0.25, -0.2) is 0 Å². The van der Waals surface area contributed by atoms with E-state index in [2.05, 4.69) is 0 Å². The van der Waals surface area contributed by atoms with Gasteiger partial charge in [0.25, 0.3) is 5.91 Å². The van der Waals surface area contributed by atoms with Crippen LogP contribution in [0.2, 0.25) is 0 Å². The van der Waals surface area contributed by atoms with Crippen LogP contribution in [0.15, 0.2) is 24.3 Å². The smallest absolute Gasteiger partial charge is 0.308 e. The summed E-state index contributed by atoms with van der Waals surface area (Å²) >= 11 is 0. The van der Waals surface area contributed by atoms with Gasteiger partial charge in [0.1, 0.15) is 5.75 Å². The minimum Gasteiger partial charge on any atom is -0.507 e. The number of aromatic hydroxyl groups is 1. The summed E-state index contributed by atoms with van der Waals surface area (Å²) in [5, 5.41) is 18.9. The lowest BCUT2D eigenvalue weighted by atomic mass is 9.90. The van der Waals surface area contributed by atoms with Gasteiger partial charge in [-0.05, 0) is 31.9 Å². The Labute approximate surface area is 111 Å². The average Bonchev–Trinajstić information content (AvgIpc) is 2.38. The Bertz CT molecular complexity index is 500. The van der Waals surface area contributed by atoms with Crippen molar-refractivity contribution in [1.29, 1.82) is 0 Å². The first-order chi connectivity index (χ1) is 9.02. The van der Waals surface area contributed by atoms with Crippen LogP contribution in [0, 0.1) is 5.92 Å². The van der Waals surface area contributed by atoms with E-state index in [1.807, 2.05) is 0 Å². The highest BCUT2D eigenvalue weighted by molar-refractivity contribution is 5.97. The summed E-state index contributed by atoms with van der Waals surface area (Å²) < 4.78 is 0. The molecule has 102 valence electrons. The number of hydrogen-bond donors (Lipinski definition) is 2. The molecule has 1 saturated heterocycles. The van der Waals surface area contributed by atoms with Crippen molar-refractivity contribution in [3.63, 3.8) is 0 Å². The highest BCUT2D eigenvalue weighted by atomic mass is 16.4. The molecule has 5 heteroatoms. The zero-order valence-electron chi connectivity index (χ0n) is 10.7. The van der Waals surface area contributed by atoms with Crippen molar-refractivity contribution in [2.45, 2.75) is 25.8 Å². The molecule has 2 rings (SSSR count). The Morgan fingerprint density at radius 3 is 2.63 bits per heavy atom. The summed E-state index contributed by atoms with van der Waals surface area (Å²) in [6.07, 6.45) is 1.25. The topological polar surface area (TPSA) is 77.8 Å². The van der Waals surface area contributed by atoms with Crippen LogP contribution < -0.4 is 0 Å². The van der Waals surface area contributed by atoms with Crippen LogP contribution in [0.1, 0.15) is 30.1 Å². The maximum Gasteiger partial charge on any atom is 0.308 e. The van der Waals surface area contributed by atoms with Gasteiger partial charge in [-0.1, -0.05) is 12.1 Å². The first-order valence-electron chi connectivity index (χ1n) is 6.34. The number of amides is 1. The summed E-state index contributed by atoms with van der Waals surface area (Å²) in [7, 11) is 0. The van der Waals surface area contributed by atoms with Gasteiger partial charge in [0, 0.05) is 12.6 Å². The molecule has 2 atom stereocenters. The first kappa shape index (κ1) is 13.4. The average molecular weight is 263 g/mol. The number of hydrogen-bond acceptors (Lipinski definition) is 3. The molecule has 1 amide bonds. The predicted molar refractivity (Wildman–Crippen MR) is 69.0 cm³/mol. The zero-order valence-corrected chi connectivity index (χ0v) is 10.7. The molecule has 1 heterocycles. The Morgan fingerprint density at radius 2 is 2.00 bits per heavy atom. The normalized spacial score (nSPS) is 23.1. The van der Waals surface area contributed by atoms with Crippen molar-refractivity contribution in [3.05, 3.63) is 29.8 Å². The summed E-state index contributed by atoms with van der Waals surface area (Å²) in [4.78, 5) is 25.1. The molecule has 2 N–H and O–H groups in total. The third-order valence-electron chi connectivity index (χ3n) is 3.70. The van der Waals surface area contributed by atoms with Crippen molar-refractivity contribution >= 4 is 11.9 Å². The number of carbonyl (C=O) groups is 2. The summed E-state index contributed by atoms with van der Waals surface area (Å²) in [6, 6.07) is 5.96. The van der Waals surface area contributed by atoms with E-state index < -0.39 is 11.9 Å². The number of para-hydroxylation sites is 1. The number of phenolic OH excluding ortho intramolecular Hbond substituents is 1. The number of likely N-dealkylation sites (tertiary alicyclic amines) is 1. The molecule has 1 aliphatic heterocycles. The van der Waals surface area contributed by atoms with Gasteiger partial charge < -0.3 is 15.1 Å². The molecule has 0 aliphatic carbocycles. The lowest BCUT2D eigenvalue weighted by Gasteiger charge is -2.37. The third-order valence-corrected chi connectivity index (χ3v) is 3.70. The Hall–Kier alpha value is -2.04. The van der Waals surface area contributed by atoms with E-state index in [1.165, 1.54) is 11.0 Å². The molecule has 0 spiro atoms. The fraction of sp³-hybridized carbons (Fsp3) is 0.429. The molecular weight excluding hydrogens is 246 g/mol. The largest absolute Gasteiger partial charge is 0.507 e. The third kappa shape index (κ3) is 2.54. The summed E-state index contributed by atoms with van der Waals surface area (Å²) in [6.45, 7) is 2.27. The van der Waals surface area contributed by atoms with Gasteiger partial charge in [0.15, 0.2) is 0 Å². The molecule has 0 radical (unpaired) electrons. The second-order valence-electron chi connectivity index (χ2n) is 4.84. The second-order valence-corrected chi connectivity index (χ2v) is 4.84. The fourth-order valence-electron chi connectivity index (χ4n) is 2.57. The molecule has 0 unspecified atom stereocenters. The molecule has 0 bridgehead atoms. The van der Waals surface area contributed by atoms with Crippen LogP contribution in [0.5, 0.6) is 5.75 Å². The maximum atomic E-state index is 12.4. The van der Waals surface area contributed by atoms with Crippen LogP contribution >= 0.6 is 0 Å². The number of phenols is 1. The minimum atomic E-state index is -0.873. The van der Waals surface area contributed by atoms with Crippen molar-refractivity contribution < 1.29 is 19.8 Å².